The summed E-state index contributed by atoms with van der Waals surface area (Å²) in [6, 6.07) is 2.47. The molecule has 0 spiro atoms. The molecule has 1 aromatic rings. The minimum absolute atomic E-state index is 0.156. The lowest BCUT2D eigenvalue weighted by atomic mass is 9.64. The maximum absolute atomic E-state index is 5.93. The summed E-state index contributed by atoms with van der Waals surface area (Å²) in [5.41, 5.74) is 2.19. The Morgan fingerprint density at radius 1 is 1.56 bits per heavy atom. The third kappa shape index (κ3) is 2.47. The lowest BCUT2D eigenvalue weighted by molar-refractivity contribution is -0.0976. The Bertz CT molecular complexity index is 434. The Morgan fingerprint density at radius 2 is 2.28 bits per heavy atom. The van der Waals surface area contributed by atoms with Crippen LogP contribution < -0.4 is 5.32 Å². The van der Waals surface area contributed by atoms with Crippen molar-refractivity contribution in [2.45, 2.75) is 46.3 Å². The van der Waals surface area contributed by atoms with Crippen LogP contribution in [0.3, 0.4) is 0 Å². The van der Waals surface area contributed by atoms with E-state index < -0.39 is 0 Å². The molecule has 1 fully saturated rings. The first-order valence-electron chi connectivity index (χ1n) is 6.45. The van der Waals surface area contributed by atoms with E-state index in [9.17, 15) is 0 Å². The predicted molar refractivity (Wildman–Crippen MR) is 75.2 cm³/mol. The zero-order chi connectivity index (χ0) is 13.3. The lowest BCUT2D eigenvalue weighted by Crippen LogP contribution is -2.58. The van der Waals surface area contributed by atoms with Crippen LogP contribution >= 0.6 is 11.6 Å². The molecule has 18 heavy (non-hydrogen) atoms. The molecule has 1 N–H and O–H groups in total. The van der Waals surface area contributed by atoms with Gasteiger partial charge >= 0.3 is 0 Å². The van der Waals surface area contributed by atoms with Crippen LogP contribution in [-0.4, -0.2) is 23.7 Å². The first-order valence-corrected chi connectivity index (χ1v) is 6.83. The summed E-state index contributed by atoms with van der Waals surface area (Å²) < 4.78 is 5.73. The molecule has 1 aromatic heterocycles. The van der Waals surface area contributed by atoms with Crippen molar-refractivity contribution in [2.75, 3.05) is 11.9 Å². The Hall–Kier alpha value is -0.800. The average molecular weight is 269 g/mol. The molecule has 0 bridgehead atoms. The van der Waals surface area contributed by atoms with Crippen molar-refractivity contribution in [3.63, 3.8) is 0 Å². The van der Waals surface area contributed by atoms with Crippen molar-refractivity contribution in [3.05, 3.63) is 23.0 Å². The molecule has 2 unspecified atom stereocenters. The van der Waals surface area contributed by atoms with Crippen molar-refractivity contribution >= 4 is 17.3 Å². The Kier molecular flexibility index (Phi) is 3.83. The van der Waals surface area contributed by atoms with E-state index in [1.807, 2.05) is 19.9 Å². The van der Waals surface area contributed by atoms with Gasteiger partial charge in [-0.2, -0.15) is 0 Å². The van der Waals surface area contributed by atoms with Gasteiger partial charge in [0, 0.05) is 18.1 Å². The topological polar surface area (TPSA) is 34.1 Å². The molecule has 0 radical (unpaired) electrons. The lowest BCUT2D eigenvalue weighted by Gasteiger charge is -2.52. The van der Waals surface area contributed by atoms with Gasteiger partial charge in [0.15, 0.2) is 0 Å². The average Bonchev–Trinajstić information content (AvgIpc) is 2.32. The van der Waals surface area contributed by atoms with Gasteiger partial charge in [0.05, 0.1) is 18.0 Å². The van der Waals surface area contributed by atoms with Gasteiger partial charge in [-0.05, 0) is 31.9 Å². The van der Waals surface area contributed by atoms with Crippen LogP contribution in [0.2, 0.25) is 5.15 Å². The van der Waals surface area contributed by atoms with Crippen LogP contribution in [0, 0.1) is 12.3 Å². The summed E-state index contributed by atoms with van der Waals surface area (Å²) in [7, 11) is 0. The summed E-state index contributed by atoms with van der Waals surface area (Å²) in [6.45, 7) is 9.27. The molecule has 1 heterocycles. The fourth-order valence-corrected chi connectivity index (χ4v) is 2.56. The highest BCUT2D eigenvalue weighted by atomic mass is 35.5. The Morgan fingerprint density at radius 3 is 2.83 bits per heavy atom. The van der Waals surface area contributed by atoms with Gasteiger partial charge in [0.1, 0.15) is 5.15 Å². The first-order chi connectivity index (χ1) is 8.45. The normalized spacial score (nSPS) is 25.6. The molecule has 2 atom stereocenters. The second kappa shape index (κ2) is 5.06. The van der Waals surface area contributed by atoms with E-state index in [-0.39, 0.29) is 5.41 Å². The van der Waals surface area contributed by atoms with Crippen molar-refractivity contribution < 1.29 is 4.74 Å². The molecule has 4 heteroatoms. The van der Waals surface area contributed by atoms with E-state index in [0.717, 1.165) is 24.3 Å². The van der Waals surface area contributed by atoms with Crippen LogP contribution in [-0.2, 0) is 4.74 Å². The quantitative estimate of drug-likeness (QED) is 0.847. The second-order valence-corrected chi connectivity index (χ2v) is 5.89. The highest BCUT2D eigenvalue weighted by Gasteiger charge is 2.48. The van der Waals surface area contributed by atoms with Gasteiger partial charge in [0.25, 0.3) is 0 Å². The third-order valence-electron chi connectivity index (χ3n) is 3.90. The van der Waals surface area contributed by atoms with E-state index in [1.165, 1.54) is 0 Å². The number of nitrogens with one attached hydrogen (secondary N) is 1. The number of rotatable bonds is 4. The Balaban J connectivity index is 2.01. The number of halogens is 1. The van der Waals surface area contributed by atoms with Gasteiger partial charge < -0.3 is 10.1 Å². The van der Waals surface area contributed by atoms with E-state index >= 15 is 0 Å². The molecular formula is C14H21ClN2O. The molecule has 0 saturated heterocycles. The minimum atomic E-state index is 0.156. The standard InChI is InChI=1S/C14H21ClN2O/c1-5-18-12-7-11(14(12,3)4)17-10-6-9(2)13(15)16-8-10/h6,8,11-12,17H,5,7H2,1-4H3. The third-order valence-corrected chi connectivity index (χ3v) is 4.30. The number of aryl methyl sites for hydroxylation is 1. The SMILES string of the molecule is CCOC1CC(Nc2cnc(Cl)c(C)c2)C1(C)C. The minimum Gasteiger partial charge on any atom is -0.380 e. The molecule has 0 aromatic carbocycles. The molecule has 1 saturated carbocycles. The van der Waals surface area contributed by atoms with Crippen molar-refractivity contribution in [3.8, 4) is 0 Å². The maximum Gasteiger partial charge on any atom is 0.132 e. The van der Waals surface area contributed by atoms with Gasteiger partial charge in [-0.15, -0.1) is 0 Å². The highest BCUT2D eigenvalue weighted by Crippen LogP contribution is 2.44. The summed E-state index contributed by atoms with van der Waals surface area (Å²) in [4.78, 5) is 4.16. The Labute approximate surface area is 114 Å². The zero-order valence-corrected chi connectivity index (χ0v) is 12.2. The van der Waals surface area contributed by atoms with E-state index in [4.69, 9.17) is 16.3 Å². The maximum atomic E-state index is 5.93. The van der Waals surface area contributed by atoms with Crippen LogP contribution in [0.1, 0.15) is 32.8 Å². The number of pyridine rings is 1. The van der Waals surface area contributed by atoms with Gasteiger partial charge in [0.2, 0.25) is 0 Å². The molecule has 0 amide bonds. The monoisotopic (exact) mass is 268 g/mol. The van der Waals surface area contributed by atoms with Gasteiger partial charge in [-0.1, -0.05) is 25.4 Å². The molecule has 1 aliphatic carbocycles. The fraction of sp³-hybridized carbons (Fsp3) is 0.643. The van der Waals surface area contributed by atoms with Crippen LogP contribution in [0.25, 0.3) is 0 Å². The van der Waals surface area contributed by atoms with Gasteiger partial charge in [-0.3, -0.25) is 0 Å². The van der Waals surface area contributed by atoms with E-state index in [2.05, 4.69) is 24.1 Å². The molecule has 3 nitrogen and oxygen atoms in total. The smallest absolute Gasteiger partial charge is 0.132 e. The van der Waals surface area contributed by atoms with E-state index in [1.54, 1.807) is 6.20 Å². The molecule has 0 aliphatic heterocycles. The van der Waals surface area contributed by atoms with E-state index in [0.29, 0.717) is 17.3 Å². The molecule has 100 valence electrons. The molecule has 2 rings (SSSR count). The zero-order valence-electron chi connectivity index (χ0n) is 11.5. The number of hydrogen-bond donors (Lipinski definition) is 1. The second-order valence-electron chi connectivity index (χ2n) is 5.53. The largest absolute Gasteiger partial charge is 0.380 e. The summed E-state index contributed by atoms with van der Waals surface area (Å²) in [6.07, 6.45) is 3.18. The summed E-state index contributed by atoms with van der Waals surface area (Å²) in [5.74, 6) is 0. The number of ether oxygens (including phenoxy) is 1. The predicted octanol–water partition coefficient (Wildman–Crippen LogP) is 3.66. The van der Waals surface area contributed by atoms with Crippen molar-refractivity contribution in [2.24, 2.45) is 5.41 Å². The number of aromatic nitrogens is 1. The van der Waals surface area contributed by atoms with Crippen molar-refractivity contribution in [1.82, 2.24) is 4.98 Å². The number of nitrogens with zero attached hydrogens (tertiary/aromatic N) is 1. The molecular weight excluding hydrogens is 248 g/mol. The summed E-state index contributed by atoms with van der Waals surface area (Å²) >= 11 is 5.93. The fourth-order valence-electron chi connectivity index (χ4n) is 2.45. The molecule has 1 aliphatic rings. The van der Waals surface area contributed by atoms with Crippen LogP contribution in [0.5, 0.6) is 0 Å². The van der Waals surface area contributed by atoms with Crippen LogP contribution in [0.4, 0.5) is 5.69 Å². The summed E-state index contributed by atoms with van der Waals surface area (Å²) in [5, 5.41) is 4.09. The number of anilines is 1. The number of hydrogen-bond acceptors (Lipinski definition) is 3. The van der Waals surface area contributed by atoms with Crippen molar-refractivity contribution in [1.29, 1.82) is 0 Å². The van der Waals surface area contributed by atoms with Gasteiger partial charge in [-0.25, -0.2) is 4.98 Å². The highest BCUT2D eigenvalue weighted by molar-refractivity contribution is 6.30. The first kappa shape index (κ1) is 13.6. The van der Waals surface area contributed by atoms with Crippen LogP contribution in [0.15, 0.2) is 12.3 Å².